The van der Waals surface area contributed by atoms with Crippen molar-refractivity contribution in [2.75, 3.05) is 14.2 Å². The lowest BCUT2D eigenvalue weighted by molar-refractivity contribution is -0.0668. The minimum atomic E-state index is -4.21. The van der Waals surface area contributed by atoms with Crippen LogP contribution in [0.4, 0.5) is 0 Å². The molecule has 0 spiro atoms. The van der Waals surface area contributed by atoms with Crippen LogP contribution in [0.25, 0.3) is 0 Å². The van der Waals surface area contributed by atoms with Crippen molar-refractivity contribution in [3.63, 3.8) is 0 Å². The lowest BCUT2D eigenvalue weighted by Crippen LogP contribution is -2.37. The Kier molecular flexibility index (Phi) is 7.43. The molecule has 136 valence electrons. The van der Waals surface area contributed by atoms with Crippen molar-refractivity contribution in [1.29, 1.82) is 0 Å². The number of rotatable bonds is 9. The molecule has 1 rings (SSSR count). The van der Waals surface area contributed by atoms with Crippen molar-refractivity contribution in [3.05, 3.63) is 45.1 Å². The molecule has 1 heterocycles. The van der Waals surface area contributed by atoms with Gasteiger partial charge in [0.15, 0.2) is 0 Å². The molecule has 0 aliphatic rings. The van der Waals surface area contributed by atoms with E-state index in [9.17, 15) is 19.0 Å². The van der Waals surface area contributed by atoms with Gasteiger partial charge in [-0.05, 0) is 6.92 Å². The lowest BCUT2D eigenvalue weighted by atomic mass is 10.3. The molecule has 0 aromatic carbocycles. The van der Waals surface area contributed by atoms with E-state index in [0.29, 0.717) is 6.42 Å². The van der Waals surface area contributed by atoms with Crippen molar-refractivity contribution < 1.29 is 28.0 Å². The summed E-state index contributed by atoms with van der Waals surface area (Å²) in [5, 5.41) is 0. The second-order valence-electron chi connectivity index (χ2n) is 4.66. The zero-order valence-corrected chi connectivity index (χ0v) is 14.7. The fourth-order valence-electron chi connectivity index (χ4n) is 1.64. The summed E-state index contributed by atoms with van der Waals surface area (Å²) in [5.74, 6) is 0.174. The quantitative estimate of drug-likeness (QED) is 0.492. The van der Waals surface area contributed by atoms with Crippen LogP contribution in [0.15, 0.2) is 33.9 Å². The van der Waals surface area contributed by atoms with Gasteiger partial charge in [-0.3, -0.25) is 23.8 Å². The number of aromatic nitrogens is 2. The lowest BCUT2D eigenvalue weighted by Gasteiger charge is -2.26. The average molecular weight is 364 g/mol. The first-order valence-electron chi connectivity index (χ1n) is 7.01. The summed E-state index contributed by atoms with van der Waals surface area (Å²) < 4.78 is 32.3. The molecule has 3 atom stereocenters. The van der Waals surface area contributed by atoms with E-state index < -0.39 is 31.4 Å². The fraction of sp³-hybridized carbons (Fsp3) is 0.538. The van der Waals surface area contributed by atoms with Crippen molar-refractivity contribution in [3.8, 4) is 0 Å². The maximum Gasteiger partial charge on any atom is 0.526 e. The molecule has 0 saturated heterocycles. The second-order valence-corrected chi connectivity index (χ2v) is 6.17. The molecule has 0 fully saturated rings. The van der Waals surface area contributed by atoms with Gasteiger partial charge < -0.3 is 14.0 Å². The van der Waals surface area contributed by atoms with Crippen molar-refractivity contribution in [1.82, 2.24) is 9.55 Å². The van der Waals surface area contributed by atoms with Gasteiger partial charge in [0.25, 0.3) is 5.56 Å². The van der Waals surface area contributed by atoms with Gasteiger partial charge in [-0.1, -0.05) is 6.92 Å². The number of allylic oxidation sites excluding steroid dienone is 1. The fourth-order valence-corrected chi connectivity index (χ4v) is 1.98. The predicted octanol–water partition coefficient (Wildman–Crippen LogP) is 1.10. The topological polar surface area (TPSA) is 129 Å². The summed E-state index contributed by atoms with van der Waals surface area (Å²) in [5.41, 5.74) is -1.23. The Balaban J connectivity index is 3.13. The normalized spacial score (nSPS) is 17.0. The Morgan fingerprint density at radius 2 is 2.12 bits per heavy atom. The zero-order chi connectivity index (χ0) is 18.3. The molecular formula is C13H21N2O8P. The van der Waals surface area contributed by atoms with Crippen LogP contribution in [-0.2, 0) is 23.1 Å². The van der Waals surface area contributed by atoms with Crippen LogP contribution in [0.2, 0.25) is 0 Å². The molecule has 1 aromatic rings. The second kappa shape index (κ2) is 8.84. The molecule has 0 aliphatic heterocycles. The van der Waals surface area contributed by atoms with Crippen LogP contribution < -0.4 is 11.2 Å². The SMILES string of the molecule is CC/C(=C\OP(=O)(O)OC)O[C@H](C(C)OC)n1ccc(=O)[nH]c1=O. The Bertz CT molecular complexity index is 725. The third-order valence-corrected chi connectivity index (χ3v) is 3.90. The smallest absolute Gasteiger partial charge is 0.468 e. The van der Waals surface area contributed by atoms with Crippen molar-refractivity contribution in [2.45, 2.75) is 32.6 Å². The van der Waals surface area contributed by atoms with Crippen molar-refractivity contribution in [2.24, 2.45) is 0 Å². The molecule has 0 saturated carbocycles. The Labute approximate surface area is 138 Å². The first-order chi connectivity index (χ1) is 11.2. The van der Waals surface area contributed by atoms with Gasteiger partial charge in [0.05, 0.1) is 0 Å². The van der Waals surface area contributed by atoms with E-state index in [0.717, 1.165) is 17.9 Å². The number of hydrogen-bond donors (Lipinski definition) is 2. The summed E-state index contributed by atoms with van der Waals surface area (Å²) in [6.07, 6.45) is 0.994. The highest BCUT2D eigenvalue weighted by Crippen LogP contribution is 2.42. The van der Waals surface area contributed by atoms with Crippen LogP contribution in [0.1, 0.15) is 26.5 Å². The molecule has 1 aromatic heterocycles. The maximum atomic E-state index is 12.0. The molecular weight excluding hydrogens is 343 g/mol. The van der Waals surface area contributed by atoms with E-state index in [1.165, 1.54) is 19.4 Å². The summed E-state index contributed by atoms with van der Waals surface area (Å²) in [6, 6.07) is 1.17. The van der Waals surface area contributed by atoms with Gasteiger partial charge in [0, 0.05) is 32.9 Å². The highest BCUT2D eigenvalue weighted by atomic mass is 31.2. The Morgan fingerprint density at radius 1 is 1.46 bits per heavy atom. The van der Waals surface area contributed by atoms with Crippen LogP contribution in [0, 0.1) is 0 Å². The number of nitrogens with one attached hydrogen (secondary N) is 1. The number of methoxy groups -OCH3 is 1. The monoisotopic (exact) mass is 364 g/mol. The Hall–Kier alpha value is -1.87. The summed E-state index contributed by atoms with van der Waals surface area (Å²) in [4.78, 5) is 34.5. The number of H-pyrrole nitrogens is 1. The molecule has 0 radical (unpaired) electrons. The van der Waals surface area contributed by atoms with Crippen LogP contribution in [-0.4, -0.2) is 34.8 Å². The van der Waals surface area contributed by atoms with Crippen molar-refractivity contribution >= 4 is 7.82 Å². The van der Waals surface area contributed by atoms with E-state index in [1.54, 1.807) is 13.8 Å². The minimum Gasteiger partial charge on any atom is -0.468 e. The first-order valence-corrected chi connectivity index (χ1v) is 8.50. The standard InChI is InChI=1S/C13H21N2O8P/c1-5-10(8-22-24(18,19)21-4)23-12(9(2)20-3)15-7-6-11(16)14-13(15)17/h6-9,12H,5H2,1-4H3,(H,18,19)(H,14,16,17)/b10-8+/t9?,12-/m1/s1. The highest BCUT2D eigenvalue weighted by molar-refractivity contribution is 7.47. The van der Waals surface area contributed by atoms with Crippen LogP contribution in [0.3, 0.4) is 0 Å². The average Bonchev–Trinajstić information content (AvgIpc) is 2.55. The van der Waals surface area contributed by atoms with Gasteiger partial charge in [-0.15, -0.1) is 0 Å². The molecule has 0 amide bonds. The van der Waals surface area contributed by atoms with E-state index in [4.69, 9.17) is 9.47 Å². The molecule has 0 aliphatic carbocycles. The summed E-state index contributed by atoms with van der Waals surface area (Å²) in [7, 11) is -1.75. The highest BCUT2D eigenvalue weighted by Gasteiger charge is 2.24. The van der Waals surface area contributed by atoms with E-state index >= 15 is 0 Å². The zero-order valence-electron chi connectivity index (χ0n) is 13.8. The molecule has 11 heteroatoms. The van der Waals surface area contributed by atoms with Gasteiger partial charge in [0.2, 0.25) is 6.23 Å². The van der Waals surface area contributed by atoms with Crippen LogP contribution >= 0.6 is 7.82 Å². The summed E-state index contributed by atoms with van der Waals surface area (Å²) >= 11 is 0. The number of ether oxygens (including phenoxy) is 2. The molecule has 2 N–H and O–H groups in total. The van der Waals surface area contributed by atoms with Gasteiger partial charge in [0.1, 0.15) is 18.1 Å². The van der Waals surface area contributed by atoms with Gasteiger partial charge in [-0.25, -0.2) is 9.36 Å². The number of phosphoric ester groups is 1. The maximum absolute atomic E-state index is 12.0. The van der Waals surface area contributed by atoms with Gasteiger partial charge >= 0.3 is 13.5 Å². The number of hydrogen-bond acceptors (Lipinski definition) is 7. The molecule has 10 nitrogen and oxygen atoms in total. The molecule has 0 bridgehead atoms. The van der Waals surface area contributed by atoms with Gasteiger partial charge in [-0.2, -0.15) is 0 Å². The number of aromatic amines is 1. The molecule has 2 unspecified atom stereocenters. The largest absolute Gasteiger partial charge is 0.526 e. The van der Waals surface area contributed by atoms with E-state index in [2.05, 4.69) is 14.0 Å². The first kappa shape index (κ1) is 20.2. The van der Waals surface area contributed by atoms with Crippen LogP contribution in [0.5, 0.6) is 0 Å². The van der Waals surface area contributed by atoms with E-state index in [1.807, 2.05) is 0 Å². The molecule has 24 heavy (non-hydrogen) atoms. The third-order valence-electron chi connectivity index (χ3n) is 3.07. The Morgan fingerprint density at radius 3 is 2.62 bits per heavy atom. The van der Waals surface area contributed by atoms with E-state index in [-0.39, 0.29) is 5.76 Å². The number of phosphoric acid groups is 1. The summed E-state index contributed by atoms with van der Waals surface area (Å²) in [6.45, 7) is 3.37. The minimum absolute atomic E-state index is 0.174. The third kappa shape index (κ3) is 5.64. The predicted molar refractivity (Wildman–Crippen MR) is 84.2 cm³/mol. The number of nitrogens with zero attached hydrogens (tertiary/aromatic N) is 1.